The number of hydrogen-bond donors (Lipinski definition) is 2. The predicted molar refractivity (Wildman–Crippen MR) is 98.7 cm³/mol. The minimum Gasteiger partial charge on any atom is -0.466 e. The lowest BCUT2D eigenvalue weighted by atomic mass is 10.2. The topological polar surface area (TPSA) is 71.3 Å². The SMILES string of the molecule is Cc1cc(C(=O)NNC(=O)[C@H](C)SCc2ccc(Br)cc2)c(C)o1. The molecule has 0 saturated carbocycles. The minimum absolute atomic E-state index is 0.247. The summed E-state index contributed by atoms with van der Waals surface area (Å²) in [5, 5.41) is -0.291. The van der Waals surface area contributed by atoms with Crippen LogP contribution in [0.15, 0.2) is 39.2 Å². The van der Waals surface area contributed by atoms with E-state index in [9.17, 15) is 9.59 Å². The van der Waals surface area contributed by atoms with Gasteiger partial charge in [0.05, 0.1) is 10.8 Å². The fourth-order valence-electron chi connectivity index (χ4n) is 2.02. The summed E-state index contributed by atoms with van der Waals surface area (Å²) >= 11 is 4.89. The Morgan fingerprint density at radius 2 is 1.88 bits per heavy atom. The molecule has 5 nitrogen and oxygen atoms in total. The molecule has 1 aromatic heterocycles. The Morgan fingerprint density at radius 3 is 2.46 bits per heavy atom. The van der Waals surface area contributed by atoms with Crippen molar-refractivity contribution in [3.8, 4) is 0 Å². The van der Waals surface area contributed by atoms with Gasteiger partial charge in [-0.15, -0.1) is 11.8 Å². The Morgan fingerprint density at radius 1 is 1.21 bits per heavy atom. The highest BCUT2D eigenvalue weighted by atomic mass is 79.9. The Kier molecular flexibility index (Phi) is 6.51. The molecule has 0 fully saturated rings. The van der Waals surface area contributed by atoms with Crippen molar-refractivity contribution in [3.05, 3.63) is 57.5 Å². The summed E-state index contributed by atoms with van der Waals surface area (Å²) < 4.78 is 6.33. The highest BCUT2D eigenvalue weighted by Crippen LogP contribution is 2.19. The number of hydrogen-bond acceptors (Lipinski definition) is 4. The number of hydrazine groups is 1. The number of amides is 2. The molecule has 0 radical (unpaired) electrons. The number of carbonyl (C=O) groups excluding carboxylic acids is 2. The van der Waals surface area contributed by atoms with Crippen molar-refractivity contribution in [1.29, 1.82) is 0 Å². The third kappa shape index (κ3) is 5.14. The van der Waals surface area contributed by atoms with Crippen LogP contribution >= 0.6 is 27.7 Å². The number of rotatable bonds is 5. The number of aryl methyl sites for hydroxylation is 2. The molecule has 0 aliphatic rings. The van der Waals surface area contributed by atoms with Gasteiger partial charge in [0, 0.05) is 10.2 Å². The van der Waals surface area contributed by atoms with Crippen molar-refractivity contribution < 1.29 is 14.0 Å². The van der Waals surface area contributed by atoms with Gasteiger partial charge in [0.15, 0.2) is 0 Å². The first-order chi connectivity index (χ1) is 11.4. The lowest BCUT2D eigenvalue weighted by Gasteiger charge is -2.12. The molecule has 2 aromatic rings. The molecule has 2 N–H and O–H groups in total. The van der Waals surface area contributed by atoms with E-state index in [4.69, 9.17) is 4.42 Å². The molecule has 1 aromatic carbocycles. The smallest absolute Gasteiger partial charge is 0.273 e. The summed E-state index contributed by atoms with van der Waals surface area (Å²) in [6.07, 6.45) is 0. The van der Waals surface area contributed by atoms with Crippen LogP contribution in [-0.4, -0.2) is 17.1 Å². The van der Waals surface area contributed by atoms with Crippen LogP contribution in [0.25, 0.3) is 0 Å². The third-order valence-corrected chi connectivity index (χ3v) is 5.11. The molecule has 0 saturated heterocycles. The van der Waals surface area contributed by atoms with E-state index in [0.717, 1.165) is 15.8 Å². The largest absolute Gasteiger partial charge is 0.466 e. The monoisotopic (exact) mass is 410 g/mol. The standard InChI is InChI=1S/C17H19BrN2O3S/c1-10-8-15(11(2)23-10)17(22)20-19-16(21)12(3)24-9-13-4-6-14(18)7-5-13/h4-8,12H,9H2,1-3H3,(H,19,21)(H,20,22)/t12-/m0/s1. The van der Waals surface area contributed by atoms with E-state index in [2.05, 4.69) is 26.8 Å². The number of furan rings is 1. The van der Waals surface area contributed by atoms with Gasteiger partial charge in [0.1, 0.15) is 11.5 Å². The summed E-state index contributed by atoms with van der Waals surface area (Å²) in [4.78, 5) is 24.1. The van der Waals surface area contributed by atoms with Crippen LogP contribution in [0, 0.1) is 13.8 Å². The maximum absolute atomic E-state index is 12.1. The van der Waals surface area contributed by atoms with Gasteiger partial charge in [-0.3, -0.25) is 20.4 Å². The highest BCUT2D eigenvalue weighted by Gasteiger charge is 2.17. The maximum Gasteiger partial charge on any atom is 0.273 e. The van der Waals surface area contributed by atoms with E-state index in [-0.39, 0.29) is 17.1 Å². The Balaban J connectivity index is 1.80. The fraction of sp³-hybridized carbons (Fsp3) is 0.294. The van der Waals surface area contributed by atoms with Gasteiger partial charge in [-0.05, 0) is 44.5 Å². The number of thioether (sulfide) groups is 1. The number of benzene rings is 1. The average Bonchev–Trinajstić information content (AvgIpc) is 2.90. The van der Waals surface area contributed by atoms with Crippen LogP contribution in [0.5, 0.6) is 0 Å². The lowest BCUT2D eigenvalue weighted by Crippen LogP contribution is -2.45. The normalized spacial score (nSPS) is 11.8. The molecule has 7 heteroatoms. The molecule has 0 aliphatic carbocycles. The van der Waals surface area contributed by atoms with E-state index in [1.165, 1.54) is 11.8 Å². The zero-order valence-corrected chi connectivity index (χ0v) is 16.1. The third-order valence-electron chi connectivity index (χ3n) is 3.37. The second kappa shape index (κ2) is 8.39. The van der Waals surface area contributed by atoms with Gasteiger partial charge in [0.2, 0.25) is 0 Å². The molecule has 1 atom stereocenters. The Bertz CT molecular complexity index is 728. The quantitative estimate of drug-likeness (QED) is 0.736. The number of carbonyl (C=O) groups is 2. The lowest BCUT2D eigenvalue weighted by molar-refractivity contribution is -0.121. The van der Waals surface area contributed by atoms with Crippen molar-refractivity contribution in [2.45, 2.75) is 31.8 Å². The predicted octanol–water partition coefficient (Wildman–Crippen LogP) is 3.74. The molecule has 1 heterocycles. The number of halogens is 1. The highest BCUT2D eigenvalue weighted by molar-refractivity contribution is 9.10. The van der Waals surface area contributed by atoms with Crippen LogP contribution in [-0.2, 0) is 10.5 Å². The summed E-state index contributed by atoms with van der Waals surface area (Å²) in [5.74, 6) is 1.26. The molecule has 24 heavy (non-hydrogen) atoms. The first-order valence-corrected chi connectivity index (χ1v) is 9.24. The summed E-state index contributed by atoms with van der Waals surface area (Å²) in [6, 6.07) is 9.59. The van der Waals surface area contributed by atoms with E-state index < -0.39 is 0 Å². The molecule has 0 spiro atoms. The first kappa shape index (κ1) is 18.6. The summed E-state index contributed by atoms with van der Waals surface area (Å²) in [5.41, 5.74) is 6.43. The molecular formula is C17H19BrN2O3S. The second-order valence-electron chi connectivity index (χ2n) is 5.35. The fourth-order valence-corrected chi connectivity index (χ4v) is 3.13. The van der Waals surface area contributed by atoms with Crippen molar-refractivity contribution >= 4 is 39.5 Å². The molecule has 0 aliphatic heterocycles. The van der Waals surface area contributed by atoms with Crippen LogP contribution < -0.4 is 10.9 Å². The Hall–Kier alpha value is -1.73. The van der Waals surface area contributed by atoms with E-state index in [0.29, 0.717) is 17.1 Å². The summed E-state index contributed by atoms with van der Waals surface area (Å²) in [6.45, 7) is 5.28. The van der Waals surface area contributed by atoms with Crippen LogP contribution in [0.3, 0.4) is 0 Å². The first-order valence-electron chi connectivity index (χ1n) is 7.40. The van der Waals surface area contributed by atoms with E-state index >= 15 is 0 Å². The second-order valence-corrected chi connectivity index (χ2v) is 7.59. The van der Waals surface area contributed by atoms with Gasteiger partial charge >= 0.3 is 0 Å². The van der Waals surface area contributed by atoms with E-state index in [1.54, 1.807) is 26.8 Å². The van der Waals surface area contributed by atoms with Crippen molar-refractivity contribution in [1.82, 2.24) is 10.9 Å². The van der Waals surface area contributed by atoms with E-state index in [1.807, 2.05) is 24.3 Å². The molecule has 128 valence electrons. The molecular weight excluding hydrogens is 392 g/mol. The zero-order chi connectivity index (χ0) is 17.7. The van der Waals surface area contributed by atoms with Gasteiger partial charge < -0.3 is 4.42 Å². The van der Waals surface area contributed by atoms with Gasteiger partial charge in [-0.2, -0.15) is 0 Å². The molecule has 2 rings (SSSR count). The van der Waals surface area contributed by atoms with Crippen LogP contribution in [0.2, 0.25) is 0 Å². The molecule has 2 amide bonds. The zero-order valence-electron chi connectivity index (χ0n) is 13.7. The molecule has 0 bridgehead atoms. The van der Waals surface area contributed by atoms with Crippen molar-refractivity contribution in [2.24, 2.45) is 0 Å². The van der Waals surface area contributed by atoms with Gasteiger partial charge in [-0.1, -0.05) is 28.1 Å². The van der Waals surface area contributed by atoms with Gasteiger partial charge in [-0.25, -0.2) is 0 Å². The maximum atomic E-state index is 12.1. The average molecular weight is 411 g/mol. The minimum atomic E-state index is -0.386. The van der Waals surface area contributed by atoms with Crippen LogP contribution in [0.4, 0.5) is 0 Å². The Labute approximate surface area is 153 Å². The van der Waals surface area contributed by atoms with Crippen molar-refractivity contribution in [2.75, 3.05) is 0 Å². The van der Waals surface area contributed by atoms with Crippen LogP contribution in [0.1, 0.15) is 34.4 Å². The van der Waals surface area contributed by atoms with Gasteiger partial charge in [0.25, 0.3) is 11.8 Å². The van der Waals surface area contributed by atoms with Crippen molar-refractivity contribution in [3.63, 3.8) is 0 Å². The molecule has 0 unspecified atom stereocenters. The number of nitrogens with one attached hydrogen (secondary N) is 2. The summed E-state index contributed by atoms with van der Waals surface area (Å²) in [7, 11) is 0.